The number of aromatic amines is 1. The van der Waals surface area contributed by atoms with Crippen molar-refractivity contribution in [3.05, 3.63) is 60.3 Å². The minimum atomic E-state index is 0.0162. The van der Waals surface area contributed by atoms with Gasteiger partial charge in [0.2, 0.25) is 11.9 Å². The molecule has 1 amide bonds. The monoisotopic (exact) mass is 438 g/mol. The molecule has 0 atom stereocenters. The van der Waals surface area contributed by atoms with Crippen LogP contribution in [0.2, 0.25) is 0 Å². The van der Waals surface area contributed by atoms with E-state index in [-0.39, 0.29) is 11.3 Å². The van der Waals surface area contributed by atoms with Gasteiger partial charge in [0.15, 0.2) is 0 Å². The lowest BCUT2D eigenvalue weighted by Gasteiger charge is -2.47. The number of H-pyrrole nitrogens is 1. The molecule has 0 radical (unpaired) electrons. The maximum Gasteiger partial charge on any atom is 0.245 e. The Labute approximate surface area is 192 Å². The Morgan fingerprint density at radius 3 is 2.79 bits per heavy atom. The number of hydrogen-bond donors (Lipinski definition) is 1. The van der Waals surface area contributed by atoms with Gasteiger partial charge < -0.3 is 9.80 Å². The molecule has 2 aromatic carbocycles. The van der Waals surface area contributed by atoms with Crippen LogP contribution in [-0.2, 0) is 4.79 Å². The zero-order valence-corrected chi connectivity index (χ0v) is 18.9. The second-order valence-corrected chi connectivity index (χ2v) is 9.55. The van der Waals surface area contributed by atoms with Crippen molar-refractivity contribution in [3.8, 4) is 11.3 Å². The fourth-order valence-corrected chi connectivity index (χ4v) is 5.41. The lowest BCUT2D eigenvalue weighted by atomic mass is 9.79. The largest absolute Gasteiger partial charge is 0.340 e. The van der Waals surface area contributed by atoms with E-state index in [1.807, 2.05) is 11.1 Å². The van der Waals surface area contributed by atoms with Gasteiger partial charge >= 0.3 is 0 Å². The van der Waals surface area contributed by atoms with Crippen molar-refractivity contribution in [2.75, 3.05) is 31.1 Å². The van der Waals surface area contributed by atoms with E-state index in [0.717, 1.165) is 77.2 Å². The van der Waals surface area contributed by atoms with Crippen molar-refractivity contribution in [1.29, 1.82) is 0 Å². The maximum atomic E-state index is 11.9. The maximum absolute atomic E-state index is 11.9. The Morgan fingerprint density at radius 1 is 1.12 bits per heavy atom. The van der Waals surface area contributed by atoms with Crippen molar-refractivity contribution in [2.45, 2.75) is 20.3 Å². The molecular weight excluding hydrogens is 412 g/mol. The van der Waals surface area contributed by atoms with Crippen molar-refractivity contribution in [1.82, 2.24) is 25.1 Å². The summed E-state index contributed by atoms with van der Waals surface area (Å²) in [5.41, 5.74) is 6.45. The van der Waals surface area contributed by atoms with Gasteiger partial charge in [-0.1, -0.05) is 24.8 Å². The highest BCUT2D eigenvalue weighted by Crippen LogP contribution is 2.42. The Hall–Kier alpha value is -3.74. The third-order valence-electron chi connectivity index (χ3n) is 7.17. The summed E-state index contributed by atoms with van der Waals surface area (Å²) in [5.74, 6) is 0.774. The van der Waals surface area contributed by atoms with Gasteiger partial charge in [-0.05, 0) is 49.6 Å². The van der Waals surface area contributed by atoms with Crippen LogP contribution in [0.3, 0.4) is 0 Å². The molecular formula is C26H26N6O. The third-order valence-corrected chi connectivity index (χ3v) is 7.17. The second-order valence-electron chi connectivity index (χ2n) is 9.55. The van der Waals surface area contributed by atoms with Gasteiger partial charge in [-0.2, -0.15) is 5.10 Å². The van der Waals surface area contributed by atoms with Gasteiger partial charge in [0.25, 0.3) is 0 Å². The molecule has 0 aliphatic carbocycles. The zero-order valence-electron chi connectivity index (χ0n) is 18.9. The molecule has 1 spiro atoms. The summed E-state index contributed by atoms with van der Waals surface area (Å²) in [6.45, 7) is 11.1. The van der Waals surface area contributed by atoms with Crippen LogP contribution < -0.4 is 4.90 Å². The summed E-state index contributed by atoms with van der Waals surface area (Å²) in [6.07, 6.45) is 4.32. The number of hydrogen-bond acceptors (Lipinski definition) is 5. The van der Waals surface area contributed by atoms with E-state index in [1.54, 1.807) is 0 Å². The first-order valence-electron chi connectivity index (χ1n) is 11.3. The summed E-state index contributed by atoms with van der Waals surface area (Å²) < 4.78 is 0. The van der Waals surface area contributed by atoms with E-state index in [9.17, 15) is 4.79 Å². The van der Waals surface area contributed by atoms with E-state index in [2.05, 4.69) is 65.9 Å². The fourth-order valence-electron chi connectivity index (χ4n) is 5.41. The van der Waals surface area contributed by atoms with Crippen molar-refractivity contribution in [2.24, 2.45) is 5.41 Å². The number of carbonyl (C=O) groups is 1. The average molecular weight is 439 g/mol. The first-order chi connectivity index (χ1) is 16.0. The topological polar surface area (TPSA) is 78.0 Å². The first kappa shape index (κ1) is 19.9. The Morgan fingerprint density at radius 2 is 1.97 bits per heavy atom. The molecule has 0 saturated carbocycles. The standard InChI is InChI=1S/C26H26N6O/c1-4-22(33)32-14-26(15-32)9-10-31(13-26)25-28-21-11-16(2)5-7-18(21)24(29-25)23-17(3)6-8-20-19(23)12-27-30-20/h4-8,11-12H,1,9-10,13-15H2,2-3H3,(H,27,30). The molecule has 4 aromatic rings. The predicted molar refractivity (Wildman–Crippen MR) is 130 cm³/mol. The molecule has 4 heterocycles. The molecule has 2 saturated heterocycles. The van der Waals surface area contributed by atoms with Crippen LogP contribution in [0.15, 0.2) is 49.2 Å². The number of nitrogens with one attached hydrogen (secondary N) is 1. The first-order valence-corrected chi connectivity index (χ1v) is 11.3. The summed E-state index contributed by atoms with van der Waals surface area (Å²) in [4.78, 5) is 26.2. The number of nitrogens with zero attached hydrogens (tertiary/aromatic N) is 5. The SMILES string of the molecule is C=CC(=O)N1CC2(CCN(c3nc(-c4c(C)ccc5[nH]ncc45)c4ccc(C)cc4n3)C2)C1. The van der Waals surface area contributed by atoms with Crippen molar-refractivity contribution < 1.29 is 4.79 Å². The van der Waals surface area contributed by atoms with Crippen LogP contribution in [0, 0.1) is 19.3 Å². The van der Waals surface area contributed by atoms with Crippen molar-refractivity contribution >= 4 is 33.7 Å². The highest BCUT2D eigenvalue weighted by Gasteiger charge is 2.49. The van der Waals surface area contributed by atoms with E-state index in [4.69, 9.17) is 9.97 Å². The molecule has 7 heteroatoms. The van der Waals surface area contributed by atoms with Crippen LogP contribution in [0.4, 0.5) is 5.95 Å². The molecule has 0 unspecified atom stereocenters. The predicted octanol–water partition coefficient (Wildman–Crippen LogP) is 4.01. The smallest absolute Gasteiger partial charge is 0.245 e. The van der Waals surface area contributed by atoms with Gasteiger partial charge in [-0.3, -0.25) is 9.89 Å². The molecule has 2 fully saturated rings. The zero-order chi connectivity index (χ0) is 22.7. The summed E-state index contributed by atoms with van der Waals surface area (Å²) >= 11 is 0. The molecule has 166 valence electrons. The quantitative estimate of drug-likeness (QED) is 0.489. The van der Waals surface area contributed by atoms with E-state index in [0.29, 0.717) is 0 Å². The second kappa shape index (κ2) is 7.13. The van der Waals surface area contributed by atoms with E-state index < -0.39 is 0 Å². The summed E-state index contributed by atoms with van der Waals surface area (Å²) in [6, 6.07) is 10.5. The lowest BCUT2D eigenvalue weighted by molar-refractivity contribution is -0.136. The van der Waals surface area contributed by atoms with Crippen molar-refractivity contribution in [3.63, 3.8) is 0 Å². The van der Waals surface area contributed by atoms with Gasteiger partial charge in [0, 0.05) is 47.9 Å². The third kappa shape index (κ3) is 3.10. The minimum Gasteiger partial charge on any atom is -0.340 e. The highest BCUT2D eigenvalue weighted by atomic mass is 16.2. The van der Waals surface area contributed by atoms with Crippen LogP contribution in [-0.4, -0.2) is 57.2 Å². The number of anilines is 1. The molecule has 1 N–H and O–H groups in total. The molecule has 33 heavy (non-hydrogen) atoms. The number of benzene rings is 2. The number of aryl methyl sites for hydroxylation is 2. The summed E-state index contributed by atoms with van der Waals surface area (Å²) in [7, 11) is 0. The number of amides is 1. The molecule has 7 nitrogen and oxygen atoms in total. The molecule has 6 rings (SSSR count). The van der Waals surface area contributed by atoms with E-state index >= 15 is 0 Å². The van der Waals surface area contributed by atoms with Crippen LogP contribution in [0.1, 0.15) is 17.5 Å². The number of aromatic nitrogens is 4. The number of likely N-dealkylation sites (tertiary alicyclic amines) is 1. The molecule has 2 aromatic heterocycles. The highest BCUT2D eigenvalue weighted by molar-refractivity contribution is 6.03. The van der Waals surface area contributed by atoms with Gasteiger partial charge in [0.05, 0.1) is 22.9 Å². The van der Waals surface area contributed by atoms with Crippen LogP contribution in [0.5, 0.6) is 0 Å². The number of rotatable bonds is 3. The summed E-state index contributed by atoms with van der Waals surface area (Å²) in [5, 5.41) is 9.47. The molecule has 2 aliphatic rings. The lowest BCUT2D eigenvalue weighted by Crippen LogP contribution is -2.59. The Bertz CT molecular complexity index is 1430. The minimum absolute atomic E-state index is 0.0162. The molecule has 2 aliphatic heterocycles. The Balaban J connectivity index is 1.45. The van der Waals surface area contributed by atoms with Crippen LogP contribution >= 0.6 is 0 Å². The fraction of sp³-hybridized carbons (Fsp3) is 0.308. The van der Waals surface area contributed by atoms with E-state index in [1.165, 1.54) is 11.6 Å². The average Bonchev–Trinajstić information content (AvgIpc) is 3.44. The number of carbonyl (C=O) groups excluding carboxylic acids is 1. The Kier molecular flexibility index (Phi) is 4.30. The van der Waals surface area contributed by atoms with Gasteiger partial charge in [0.1, 0.15) is 0 Å². The normalized spacial score (nSPS) is 17.2. The number of fused-ring (bicyclic) bond motifs is 2. The van der Waals surface area contributed by atoms with Gasteiger partial charge in [-0.25, -0.2) is 9.97 Å². The van der Waals surface area contributed by atoms with Gasteiger partial charge in [-0.15, -0.1) is 0 Å². The molecule has 0 bridgehead atoms. The van der Waals surface area contributed by atoms with Crippen LogP contribution in [0.25, 0.3) is 33.1 Å².